The van der Waals surface area contributed by atoms with Crippen LogP contribution >= 0.6 is 31.9 Å². The molecule has 2 N–H and O–H groups in total. The molecule has 0 atom stereocenters. The molecule has 1 aromatic heterocycles. The Labute approximate surface area is 132 Å². The van der Waals surface area contributed by atoms with Gasteiger partial charge in [-0.2, -0.15) is 4.98 Å². The van der Waals surface area contributed by atoms with Crippen molar-refractivity contribution in [2.24, 2.45) is 0 Å². The summed E-state index contributed by atoms with van der Waals surface area (Å²) in [7, 11) is 0. The number of aromatic nitrogens is 2. The minimum absolute atomic E-state index is 0.404. The quantitative estimate of drug-likeness (QED) is 0.649. The highest BCUT2D eigenvalue weighted by molar-refractivity contribution is 9.10. The Kier molecular flexibility index (Phi) is 3.58. The summed E-state index contributed by atoms with van der Waals surface area (Å²) in [4.78, 5) is 4.39. The fraction of sp³-hybridized carbons (Fsp3) is 0. The summed E-state index contributed by atoms with van der Waals surface area (Å²) in [6.45, 7) is 0. The number of nitrogens with two attached hydrogens (primary N) is 1. The molecule has 0 aliphatic heterocycles. The van der Waals surface area contributed by atoms with Gasteiger partial charge in [0.25, 0.3) is 5.89 Å². The third-order valence-corrected chi connectivity index (χ3v) is 3.80. The van der Waals surface area contributed by atoms with E-state index in [1.54, 1.807) is 6.07 Å². The van der Waals surface area contributed by atoms with E-state index in [2.05, 4.69) is 42.0 Å². The zero-order valence-electron chi connectivity index (χ0n) is 10.2. The predicted molar refractivity (Wildman–Crippen MR) is 85.0 cm³/mol. The van der Waals surface area contributed by atoms with Gasteiger partial charge in [0, 0.05) is 20.2 Å². The minimum Gasteiger partial charge on any atom is -0.398 e. The van der Waals surface area contributed by atoms with Gasteiger partial charge in [0.2, 0.25) is 5.82 Å². The lowest BCUT2D eigenvalue weighted by atomic mass is 10.2. The zero-order chi connectivity index (χ0) is 14.1. The molecule has 0 bridgehead atoms. The summed E-state index contributed by atoms with van der Waals surface area (Å²) in [6, 6.07) is 13.2. The van der Waals surface area contributed by atoms with Gasteiger partial charge in [-0.25, -0.2) is 0 Å². The van der Waals surface area contributed by atoms with Crippen LogP contribution in [0.25, 0.3) is 22.8 Å². The van der Waals surface area contributed by atoms with Crippen LogP contribution in [-0.2, 0) is 0 Å². The third-order valence-electron chi connectivity index (χ3n) is 2.77. The second-order valence-electron chi connectivity index (χ2n) is 4.16. The molecule has 0 unspecified atom stereocenters. The SMILES string of the molecule is Nc1ccc(Br)cc1-c1nc(-c2ccc(Br)cc2)no1. The molecule has 0 fully saturated rings. The third kappa shape index (κ3) is 2.62. The van der Waals surface area contributed by atoms with Crippen LogP contribution in [-0.4, -0.2) is 10.1 Å². The fourth-order valence-electron chi connectivity index (χ4n) is 1.76. The number of benzene rings is 2. The maximum atomic E-state index is 5.93. The maximum Gasteiger partial charge on any atom is 0.260 e. The molecule has 0 radical (unpaired) electrons. The molecule has 0 saturated heterocycles. The molecule has 2 aromatic carbocycles. The average Bonchev–Trinajstić information content (AvgIpc) is 2.92. The number of hydrogen-bond donors (Lipinski definition) is 1. The van der Waals surface area contributed by atoms with Gasteiger partial charge in [0.15, 0.2) is 0 Å². The molecule has 20 heavy (non-hydrogen) atoms. The van der Waals surface area contributed by atoms with E-state index in [0.717, 1.165) is 20.1 Å². The molecule has 1 heterocycles. The molecule has 0 spiro atoms. The standard InChI is InChI=1S/C14H9Br2N3O/c15-9-3-1-8(2-4-9)13-18-14(20-19-13)11-7-10(16)5-6-12(11)17/h1-7H,17H2. The molecule has 6 heteroatoms. The van der Waals surface area contributed by atoms with E-state index in [9.17, 15) is 0 Å². The number of anilines is 1. The highest BCUT2D eigenvalue weighted by Gasteiger charge is 2.13. The van der Waals surface area contributed by atoms with Gasteiger partial charge in [-0.3, -0.25) is 0 Å². The van der Waals surface area contributed by atoms with Crippen LogP contribution in [0, 0.1) is 0 Å². The Morgan fingerprint density at radius 1 is 0.950 bits per heavy atom. The van der Waals surface area contributed by atoms with E-state index < -0.39 is 0 Å². The Morgan fingerprint density at radius 3 is 2.40 bits per heavy atom. The number of halogens is 2. The molecule has 0 amide bonds. The monoisotopic (exact) mass is 393 g/mol. The van der Waals surface area contributed by atoms with Gasteiger partial charge < -0.3 is 10.3 Å². The van der Waals surface area contributed by atoms with Crippen molar-refractivity contribution in [3.63, 3.8) is 0 Å². The van der Waals surface area contributed by atoms with Crippen molar-refractivity contribution in [1.82, 2.24) is 10.1 Å². The first kappa shape index (κ1) is 13.3. The number of nitrogens with zero attached hydrogens (tertiary/aromatic N) is 2. The number of nitrogen functional groups attached to an aromatic ring is 1. The van der Waals surface area contributed by atoms with Crippen LogP contribution in [0.2, 0.25) is 0 Å². The Hall–Kier alpha value is -1.66. The topological polar surface area (TPSA) is 64.9 Å². The number of rotatable bonds is 2. The normalized spacial score (nSPS) is 10.7. The van der Waals surface area contributed by atoms with Crippen LogP contribution in [0.5, 0.6) is 0 Å². The summed E-state index contributed by atoms with van der Waals surface area (Å²) >= 11 is 6.79. The van der Waals surface area contributed by atoms with Gasteiger partial charge >= 0.3 is 0 Å². The second-order valence-corrected chi connectivity index (χ2v) is 5.99. The lowest BCUT2D eigenvalue weighted by Gasteiger charge is -2.00. The zero-order valence-corrected chi connectivity index (χ0v) is 13.3. The first-order chi connectivity index (χ1) is 9.63. The van der Waals surface area contributed by atoms with E-state index in [-0.39, 0.29) is 0 Å². The summed E-state index contributed by atoms with van der Waals surface area (Å²) in [5.41, 5.74) is 8.13. The summed E-state index contributed by atoms with van der Waals surface area (Å²) < 4.78 is 7.21. The van der Waals surface area contributed by atoms with Gasteiger partial charge in [0.1, 0.15) is 0 Å². The largest absolute Gasteiger partial charge is 0.398 e. The highest BCUT2D eigenvalue weighted by atomic mass is 79.9. The molecule has 0 aliphatic carbocycles. The molecule has 4 nitrogen and oxygen atoms in total. The Bertz CT molecular complexity index is 753. The van der Waals surface area contributed by atoms with Crippen LogP contribution in [0.3, 0.4) is 0 Å². The van der Waals surface area contributed by atoms with Crippen molar-refractivity contribution in [1.29, 1.82) is 0 Å². The van der Waals surface area contributed by atoms with Gasteiger partial charge in [0.05, 0.1) is 5.56 Å². The van der Waals surface area contributed by atoms with Crippen LogP contribution in [0.15, 0.2) is 55.9 Å². The van der Waals surface area contributed by atoms with E-state index in [0.29, 0.717) is 17.4 Å². The van der Waals surface area contributed by atoms with E-state index >= 15 is 0 Å². The summed E-state index contributed by atoms with van der Waals surface area (Å²) in [5.74, 6) is 0.939. The van der Waals surface area contributed by atoms with Gasteiger partial charge in [-0.15, -0.1) is 0 Å². The van der Waals surface area contributed by atoms with E-state index in [1.165, 1.54) is 0 Å². The first-order valence-corrected chi connectivity index (χ1v) is 7.37. The van der Waals surface area contributed by atoms with Crippen molar-refractivity contribution in [3.05, 3.63) is 51.4 Å². The lowest BCUT2D eigenvalue weighted by Crippen LogP contribution is -1.90. The van der Waals surface area contributed by atoms with Gasteiger partial charge in [-0.05, 0) is 42.5 Å². The lowest BCUT2D eigenvalue weighted by molar-refractivity contribution is 0.432. The Balaban J connectivity index is 2.01. The Morgan fingerprint density at radius 2 is 1.65 bits per heavy atom. The summed E-state index contributed by atoms with van der Waals surface area (Å²) in [5, 5.41) is 3.99. The smallest absolute Gasteiger partial charge is 0.260 e. The van der Waals surface area contributed by atoms with Crippen molar-refractivity contribution in [2.75, 3.05) is 5.73 Å². The van der Waals surface area contributed by atoms with Crippen molar-refractivity contribution < 1.29 is 4.52 Å². The number of hydrogen-bond acceptors (Lipinski definition) is 4. The molecule has 0 saturated carbocycles. The molecule has 0 aliphatic rings. The van der Waals surface area contributed by atoms with E-state index in [4.69, 9.17) is 10.3 Å². The van der Waals surface area contributed by atoms with Crippen LogP contribution in [0.1, 0.15) is 0 Å². The highest BCUT2D eigenvalue weighted by Crippen LogP contribution is 2.29. The predicted octanol–water partition coefficient (Wildman–Crippen LogP) is 4.51. The average molecular weight is 395 g/mol. The van der Waals surface area contributed by atoms with E-state index in [1.807, 2.05) is 36.4 Å². The molecular formula is C14H9Br2N3O. The molecule has 3 rings (SSSR count). The second kappa shape index (κ2) is 5.38. The molecular weight excluding hydrogens is 386 g/mol. The molecule has 100 valence electrons. The van der Waals surface area contributed by atoms with Gasteiger partial charge in [-0.1, -0.05) is 37.0 Å². The minimum atomic E-state index is 0.404. The first-order valence-electron chi connectivity index (χ1n) is 5.78. The van der Waals surface area contributed by atoms with Crippen LogP contribution < -0.4 is 5.73 Å². The summed E-state index contributed by atoms with van der Waals surface area (Å²) in [6.07, 6.45) is 0. The maximum absolute atomic E-state index is 5.93. The fourth-order valence-corrected chi connectivity index (χ4v) is 2.39. The van der Waals surface area contributed by atoms with Crippen molar-refractivity contribution in [2.45, 2.75) is 0 Å². The van der Waals surface area contributed by atoms with Crippen molar-refractivity contribution in [3.8, 4) is 22.8 Å². The van der Waals surface area contributed by atoms with Crippen LogP contribution in [0.4, 0.5) is 5.69 Å². The molecule has 3 aromatic rings. The van der Waals surface area contributed by atoms with Crippen molar-refractivity contribution >= 4 is 37.5 Å².